The number of tetrazole rings is 1. The normalized spacial score (nSPS) is 27.8. The molecular formula is C15H17FN4O2. The summed E-state index contributed by atoms with van der Waals surface area (Å²) in [5.41, 5.74) is 0.658. The van der Waals surface area contributed by atoms with E-state index in [0.29, 0.717) is 19.0 Å². The standard InChI is InChI=1S/C15H17FN4O2/c16-12-3-1-11(2-4-12)14-17-19-20(18-14)9-13-5-6-15(22-13)7-8-21-10-15/h1-4,13H,5-10H2. The van der Waals surface area contributed by atoms with Crippen LogP contribution in [0.2, 0.25) is 0 Å². The number of hydrogen-bond acceptors (Lipinski definition) is 5. The minimum absolute atomic E-state index is 0.0922. The Kier molecular flexibility index (Phi) is 3.38. The van der Waals surface area contributed by atoms with Crippen LogP contribution in [-0.2, 0) is 16.0 Å². The van der Waals surface area contributed by atoms with Crippen LogP contribution in [0.1, 0.15) is 19.3 Å². The highest BCUT2D eigenvalue weighted by Crippen LogP contribution is 2.37. The molecule has 0 N–H and O–H groups in total. The van der Waals surface area contributed by atoms with Crippen LogP contribution in [-0.4, -0.2) is 45.1 Å². The average Bonchev–Trinajstić information content (AvgIpc) is 3.24. The van der Waals surface area contributed by atoms with Crippen molar-refractivity contribution in [2.45, 2.75) is 37.5 Å². The summed E-state index contributed by atoms with van der Waals surface area (Å²) < 4.78 is 24.5. The van der Waals surface area contributed by atoms with Gasteiger partial charge in [-0.2, -0.15) is 4.80 Å². The van der Waals surface area contributed by atoms with E-state index in [4.69, 9.17) is 9.47 Å². The van der Waals surface area contributed by atoms with Crippen LogP contribution in [0.25, 0.3) is 11.4 Å². The highest BCUT2D eigenvalue weighted by Gasteiger charge is 2.43. The molecule has 2 atom stereocenters. The van der Waals surface area contributed by atoms with Crippen molar-refractivity contribution < 1.29 is 13.9 Å². The van der Waals surface area contributed by atoms with Gasteiger partial charge in [-0.15, -0.1) is 10.2 Å². The maximum atomic E-state index is 12.9. The van der Waals surface area contributed by atoms with Gasteiger partial charge < -0.3 is 9.47 Å². The summed E-state index contributed by atoms with van der Waals surface area (Å²) in [6.45, 7) is 2.05. The second-order valence-corrected chi connectivity index (χ2v) is 5.94. The number of aromatic nitrogens is 4. The first-order valence-corrected chi connectivity index (χ1v) is 7.52. The first-order valence-electron chi connectivity index (χ1n) is 7.52. The summed E-state index contributed by atoms with van der Waals surface area (Å²) in [4.78, 5) is 1.55. The molecule has 2 aromatic rings. The van der Waals surface area contributed by atoms with E-state index in [1.54, 1.807) is 16.9 Å². The topological polar surface area (TPSA) is 62.1 Å². The van der Waals surface area contributed by atoms with Crippen molar-refractivity contribution in [2.24, 2.45) is 0 Å². The van der Waals surface area contributed by atoms with Crippen LogP contribution >= 0.6 is 0 Å². The van der Waals surface area contributed by atoms with Crippen LogP contribution in [0.15, 0.2) is 24.3 Å². The van der Waals surface area contributed by atoms with Crippen molar-refractivity contribution in [2.75, 3.05) is 13.2 Å². The van der Waals surface area contributed by atoms with Gasteiger partial charge in [0.1, 0.15) is 5.82 Å². The molecule has 0 saturated carbocycles. The second-order valence-electron chi connectivity index (χ2n) is 5.94. The van der Waals surface area contributed by atoms with Crippen LogP contribution in [0.5, 0.6) is 0 Å². The summed E-state index contributed by atoms with van der Waals surface area (Å²) in [6, 6.07) is 6.07. The average molecular weight is 304 g/mol. The molecule has 0 radical (unpaired) electrons. The predicted molar refractivity (Wildman–Crippen MR) is 75.5 cm³/mol. The lowest BCUT2D eigenvalue weighted by Gasteiger charge is -2.21. The van der Waals surface area contributed by atoms with E-state index in [2.05, 4.69) is 15.4 Å². The third-order valence-electron chi connectivity index (χ3n) is 4.33. The third-order valence-corrected chi connectivity index (χ3v) is 4.33. The molecule has 2 fully saturated rings. The Balaban J connectivity index is 1.43. The first kappa shape index (κ1) is 13.8. The number of ether oxygens (including phenoxy) is 2. The van der Waals surface area contributed by atoms with E-state index < -0.39 is 0 Å². The summed E-state index contributed by atoms with van der Waals surface area (Å²) in [7, 11) is 0. The molecule has 1 aromatic heterocycles. The van der Waals surface area contributed by atoms with Crippen molar-refractivity contribution in [3.8, 4) is 11.4 Å². The zero-order chi connectivity index (χ0) is 15.0. The highest BCUT2D eigenvalue weighted by molar-refractivity contribution is 5.53. The van der Waals surface area contributed by atoms with Crippen molar-refractivity contribution in [3.63, 3.8) is 0 Å². The van der Waals surface area contributed by atoms with Gasteiger partial charge in [-0.05, 0) is 42.3 Å². The molecule has 2 saturated heterocycles. The van der Waals surface area contributed by atoms with Gasteiger partial charge in [0, 0.05) is 18.6 Å². The molecule has 6 nitrogen and oxygen atoms in total. The number of hydrogen-bond donors (Lipinski definition) is 0. The van der Waals surface area contributed by atoms with Gasteiger partial charge in [0.15, 0.2) is 0 Å². The fourth-order valence-corrected chi connectivity index (χ4v) is 3.12. The lowest BCUT2D eigenvalue weighted by Crippen LogP contribution is -2.30. The van der Waals surface area contributed by atoms with Gasteiger partial charge in [0.25, 0.3) is 0 Å². The first-order chi connectivity index (χ1) is 10.7. The summed E-state index contributed by atoms with van der Waals surface area (Å²) in [5.74, 6) is 0.219. The van der Waals surface area contributed by atoms with Crippen LogP contribution in [0, 0.1) is 5.82 Å². The largest absolute Gasteiger partial charge is 0.378 e. The highest BCUT2D eigenvalue weighted by atomic mass is 19.1. The Labute approximate surface area is 127 Å². The molecule has 1 spiro atoms. The molecule has 2 aliphatic heterocycles. The Bertz CT molecular complexity index is 652. The maximum absolute atomic E-state index is 12.9. The summed E-state index contributed by atoms with van der Waals surface area (Å²) in [5, 5.41) is 12.4. The molecule has 0 amide bonds. The molecule has 116 valence electrons. The van der Waals surface area contributed by atoms with E-state index >= 15 is 0 Å². The molecular weight excluding hydrogens is 287 g/mol. The molecule has 1 aromatic carbocycles. The van der Waals surface area contributed by atoms with E-state index in [1.165, 1.54) is 12.1 Å². The fourth-order valence-electron chi connectivity index (χ4n) is 3.12. The van der Waals surface area contributed by atoms with Crippen LogP contribution < -0.4 is 0 Å². The minimum Gasteiger partial charge on any atom is -0.378 e. The molecule has 2 unspecified atom stereocenters. The second kappa shape index (κ2) is 5.40. The van der Waals surface area contributed by atoms with E-state index in [0.717, 1.165) is 31.4 Å². The van der Waals surface area contributed by atoms with Crippen molar-refractivity contribution in [1.82, 2.24) is 20.2 Å². The Morgan fingerprint density at radius 3 is 2.91 bits per heavy atom. The number of rotatable bonds is 3. The molecule has 22 heavy (non-hydrogen) atoms. The van der Waals surface area contributed by atoms with E-state index in [9.17, 15) is 4.39 Å². The van der Waals surface area contributed by atoms with E-state index in [1.807, 2.05) is 0 Å². The van der Waals surface area contributed by atoms with Crippen molar-refractivity contribution in [3.05, 3.63) is 30.1 Å². The SMILES string of the molecule is Fc1ccc(-c2nnn(CC3CCC4(CCOC4)O3)n2)cc1. The van der Waals surface area contributed by atoms with E-state index in [-0.39, 0.29) is 17.5 Å². The lowest BCUT2D eigenvalue weighted by molar-refractivity contribution is -0.0516. The molecule has 4 rings (SSSR count). The Morgan fingerprint density at radius 2 is 2.14 bits per heavy atom. The Morgan fingerprint density at radius 1 is 1.27 bits per heavy atom. The van der Waals surface area contributed by atoms with Crippen molar-refractivity contribution in [1.29, 1.82) is 0 Å². The van der Waals surface area contributed by atoms with Crippen LogP contribution in [0.4, 0.5) is 4.39 Å². The van der Waals surface area contributed by atoms with Gasteiger partial charge in [0.05, 0.1) is 24.9 Å². The number of benzene rings is 1. The predicted octanol–water partition coefficient (Wildman–Crippen LogP) is 1.82. The summed E-state index contributed by atoms with van der Waals surface area (Å²) >= 11 is 0. The molecule has 0 bridgehead atoms. The lowest BCUT2D eigenvalue weighted by atomic mass is 9.99. The molecule has 3 heterocycles. The van der Waals surface area contributed by atoms with Crippen molar-refractivity contribution >= 4 is 0 Å². The monoisotopic (exact) mass is 304 g/mol. The molecule has 0 aliphatic carbocycles. The van der Waals surface area contributed by atoms with Gasteiger partial charge in [-0.3, -0.25) is 0 Å². The minimum atomic E-state index is -0.278. The smallest absolute Gasteiger partial charge is 0.204 e. The van der Waals surface area contributed by atoms with Gasteiger partial charge >= 0.3 is 0 Å². The number of nitrogens with zero attached hydrogens (tertiary/aromatic N) is 4. The number of halogens is 1. The fraction of sp³-hybridized carbons (Fsp3) is 0.533. The van der Waals surface area contributed by atoms with Gasteiger partial charge in [-0.25, -0.2) is 4.39 Å². The van der Waals surface area contributed by atoms with Gasteiger partial charge in [0.2, 0.25) is 5.82 Å². The Hall–Kier alpha value is -1.86. The quantitative estimate of drug-likeness (QED) is 0.865. The third kappa shape index (κ3) is 2.62. The maximum Gasteiger partial charge on any atom is 0.204 e. The summed E-state index contributed by atoms with van der Waals surface area (Å²) in [6.07, 6.45) is 3.07. The van der Waals surface area contributed by atoms with Crippen LogP contribution in [0.3, 0.4) is 0 Å². The molecule has 2 aliphatic rings. The van der Waals surface area contributed by atoms with Gasteiger partial charge in [-0.1, -0.05) is 0 Å². The zero-order valence-electron chi connectivity index (χ0n) is 12.1. The zero-order valence-corrected chi connectivity index (χ0v) is 12.1. The molecule has 7 heteroatoms.